The molecule has 1 heterocycles. The van der Waals surface area contributed by atoms with Gasteiger partial charge in [0, 0.05) is 6.04 Å². The molecule has 1 aromatic heterocycles. The first-order chi connectivity index (χ1) is 9.11. The Bertz CT molecular complexity index is 461. The van der Waals surface area contributed by atoms with E-state index < -0.39 is 11.9 Å². The van der Waals surface area contributed by atoms with Crippen LogP contribution in [0.15, 0.2) is 6.33 Å². The normalized spacial score (nSPS) is 23.0. The third-order valence-electron chi connectivity index (χ3n) is 3.83. The van der Waals surface area contributed by atoms with E-state index in [4.69, 9.17) is 5.11 Å². The number of amides is 1. The van der Waals surface area contributed by atoms with Crippen molar-refractivity contribution in [1.82, 2.24) is 15.3 Å². The number of rotatable bonds is 4. The molecule has 6 nitrogen and oxygen atoms in total. The second-order valence-electron chi connectivity index (χ2n) is 5.03. The molecule has 6 heteroatoms. The first-order valence-electron chi connectivity index (χ1n) is 6.69. The SMILES string of the molecule is CCC1CCC(NC(=O)c2nc[nH]c2C(=O)O)CC1. The fraction of sp³-hybridized carbons (Fsp3) is 0.615. The number of nitrogens with zero attached hydrogens (tertiary/aromatic N) is 1. The molecular formula is C13H19N3O3. The summed E-state index contributed by atoms with van der Waals surface area (Å²) in [4.78, 5) is 29.2. The number of nitrogens with one attached hydrogen (secondary N) is 2. The van der Waals surface area contributed by atoms with Crippen LogP contribution < -0.4 is 5.32 Å². The summed E-state index contributed by atoms with van der Waals surface area (Å²) in [6, 6.07) is 0.133. The Morgan fingerprint density at radius 1 is 1.42 bits per heavy atom. The van der Waals surface area contributed by atoms with Crippen molar-refractivity contribution in [2.24, 2.45) is 5.92 Å². The number of aromatic carboxylic acids is 1. The summed E-state index contributed by atoms with van der Waals surface area (Å²) in [5.41, 5.74) is -0.190. The lowest BCUT2D eigenvalue weighted by Crippen LogP contribution is -2.38. The maximum atomic E-state index is 12.0. The molecule has 104 valence electrons. The number of carbonyl (C=O) groups excluding carboxylic acids is 1. The lowest BCUT2D eigenvalue weighted by Gasteiger charge is -2.28. The predicted molar refractivity (Wildman–Crippen MR) is 69.1 cm³/mol. The van der Waals surface area contributed by atoms with Crippen molar-refractivity contribution < 1.29 is 14.7 Å². The van der Waals surface area contributed by atoms with Crippen molar-refractivity contribution in [2.75, 3.05) is 0 Å². The van der Waals surface area contributed by atoms with Crippen molar-refractivity contribution >= 4 is 11.9 Å². The summed E-state index contributed by atoms with van der Waals surface area (Å²) in [6.07, 6.45) is 6.56. The van der Waals surface area contributed by atoms with Crippen molar-refractivity contribution in [3.05, 3.63) is 17.7 Å². The van der Waals surface area contributed by atoms with E-state index >= 15 is 0 Å². The zero-order valence-corrected chi connectivity index (χ0v) is 11.0. The zero-order chi connectivity index (χ0) is 13.8. The van der Waals surface area contributed by atoms with Gasteiger partial charge in [0.15, 0.2) is 11.4 Å². The zero-order valence-electron chi connectivity index (χ0n) is 11.0. The molecule has 3 N–H and O–H groups in total. The Hall–Kier alpha value is -1.85. The predicted octanol–water partition coefficient (Wildman–Crippen LogP) is 1.81. The van der Waals surface area contributed by atoms with Crippen LogP contribution in [-0.2, 0) is 0 Å². The Balaban J connectivity index is 1.94. The van der Waals surface area contributed by atoms with Gasteiger partial charge in [-0.3, -0.25) is 4.79 Å². The summed E-state index contributed by atoms with van der Waals surface area (Å²) in [6.45, 7) is 2.19. The minimum atomic E-state index is -1.17. The van der Waals surface area contributed by atoms with Gasteiger partial charge >= 0.3 is 5.97 Å². The number of aromatic nitrogens is 2. The number of carbonyl (C=O) groups is 2. The third kappa shape index (κ3) is 3.13. The second kappa shape index (κ2) is 5.86. The molecule has 0 unspecified atom stereocenters. The first kappa shape index (κ1) is 13.6. The molecule has 1 saturated carbocycles. The van der Waals surface area contributed by atoms with Gasteiger partial charge in [-0.05, 0) is 31.6 Å². The monoisotopic (exact) mass is 265 g/mol. The molecule has 0 aliphatic heterocycles. The summed E-state index contributed by atoms with van der Waals surface area (Å²) in [5, 5.41) is 11.8. The van der Waals surface area contributed by atoms with Crippen LogP contribution in [0, 0.1) is 5.92 Å². The molecule has 1 aliphatic rings. The molecule has 19 heavy (non-hydrogen) atoms. The van der Waals surface area contributed by atoms with E-state index in [2.05, 4.69) is 22.2 Å². The highest BCUT2D eigenvalue weighted by Crippen LogP contribution is 2.26. The van der Waals surface area contributed by atoms with Gasteiger partial charge in [0.1, 0.15) is 0 Å². The average Bonchev–Trinajstić information content (AvgIpc) is 2.89. The minimum absolute atomic E-state index is 0.0369. The van der Waals surface area contributed by atoms with Crippen molar-refractivity contribution in [1.29, 1.82) is 0 Å². The van der Waals surface area contributed by atoms with Gasteiger partial charge in [-0.1, -0.05) is 13.3 Å². The Morgan fingerprint density at radius 3 is 2.68 bits per heavy atom. The lowest BCUT2D eigenvalue weighted by molar-refractivity contribution is 0.0684. The highest BCUT2D eigenvalue weighted by atomic mass is 16.4. The Labute approximate surface area is 111 Å². The topological polar surface area (TPSA) is 95.1 Å². The molecule has 0 atom stereocenters. The van der Waals surface area contributed by atoms with Crippen LogP contribution in [0.25, 0.3) is 0 Å². The maximum Gasteiger partial charge on any atom is 0.354 e. The van der Waals surface area contributed by atoms with E-state index in [-0.39, 0.29) is 17.4 Å². The number of aromatic amines is 1. The van der Waals surface area contributed by atoms with E-state index in [1.165, 1.54) is 12.7 Å². The highest BCUT2D eigenvalue weighted by molar-refractivity contribution is 6.02. The van der Waals surface area contributed by atoms with Gasteiger partial charge in [-0.15, -0.1) is 0 Å². The second-order valence-corrected chi connectivity index (χ2v) is 5.03. The number of imidazole rings is 1. The molecule has 1 amide bonds. The standard InChI is InChI=1S/C13H19N3O3/c1-2-8-3-5-9(6-4-8)16-12(17)10-11(13(18)19)15-7-14-10/h7-9H,2-6H2,1H3,(H,14,15)(H,16,17)(H,18,19). The molecule has 0 saturated heterocycles. The van der Waals surface area contributed by atoms with E-state index in [0.29, 0.717) is 0 Å². The fourth-order valence-corrected chi connectivity index (χ4v) is 2.60. The van der Waals surface area contributed by atoms with Crippen molar-refractivity contribution in [3.63, 3.8) is 0 Å². The maximum absolute atomic E-state index is 12.0. The van der Waals surface area contributed by atoms with Crippen LogP contribution in [0.2, 0.25) is 0 Å². The molecule has 1 fully saturated rings. The quantitative estimate of drug-likeness (QED) is 0.773. The summed E-state index contributed by atoms with van der Waals surface area (Å²) < 4.78 is 0. The Kier molecular flexibility index (Phi) is 4.19. The van der Waals surface area contributed by atoms with Crippen LogP contribution in [0.4, 0.5) is 0 Å². The van der Waals surface area contributed by atoms with Gasteiger partial charge in [0.05, 0.1) is 6.33 Å². The van der Waals surface area contributed by atoms with Crippen molar-refractivity contribution in [2.45, 2.75) is 45.1 Å². The van der Waals surface area contributed by atoms with Gasteiger partial charge < -0.3 is 15.4 Å². The molecular weight excluding hydrogens is 246 g/mol. The fourth-order valence-electron chi connectivity index (χ4n) is 2.60. The molecule has 0 radical (unpaired) electrons. The van der Waals surface area contributed by atoms with Gasteiger partial charge in [-0.25, -0.2) is 9.78 Å². The van der Waals surface area contributed by atoms with Crippen molar-refractivity contribution in [3.8, 4) is 0 Å². The minimum Gasteiger partial charge on any atom is -0.477 e. The van der Waals surface area contributed by atoms with Gasteiger partial charge in [-0.2, -0.15) is 0 Å². The van der Waals surface area contributed by atoms with Crippen LogP contribution in [-0.4, -0.2) is 33.0 Å². The number of carboxylic acids is 1. The average molecular weight is 265 g/mol. The number of hydrogen-bond acceptors (Lipinski definition) is 3. The van der Waals surface area contributed by atoms with E-state index in [1.54, 1.807) is 0 Å². The number of hydrogen-bond donors (Lipinski definition) is 3. The molecule has 0 bridgehead atoms. The van der Waals surface area contributed by atoms with Crippen LogP contribution >= 0.6 is 0 Å². The first-order valence-corrected chi connectivity index (χ1v) is 6.69. The van der Waals surface area contributed by atoms with Crippen LogP contribution in [0.5, 0.6) is 0 Å². The largest absolute Gasteiger partial charge is 0.477 e. The van der Waals surface area contributed by atoms with E-state index in [0.717, 1.165) is 31.6 Å². The smallest absolute Gasteiger partial charge is 0.354 e. The Morgan fingerprint density at radius 2 is 2.11 bits per heavy atom. The number of H-pyrrole nitrogens is 1. The summed E-state index contributed by atoms with van der Waals surface area (Å²) in [5.74, 6) is -0.816. The lowest BCUT2D eigenvalue weighted by atomic mass is 9.84. The van der Waals surface area contributed by atoms with Gasteiger partial charge in [0.25, 0.3) is 5.91 Å². The molecule has 0 aromatic carbocycles. The third-order valence-corrected chi connectivity index (χ3v) is 3.83. The highest BCUT2D eigenvalue weighted by Gasteiger charge is 2.25. The van der Waals surface area contributed by atoms with Crippen LogP contribution in [0.3, 0.4) is 0 Å². The van der Waals surface area contributed by atoms with Gasteiger partial charge in [0.2, 0.25) is 0 Å². The molecule has 0 spiro atoms. The van der Waals surface area contributed by atoms with E-state index in [1.807, 2.05) is 0 Å². The molecule has 1 aliphatic carbocycles. The summed E-state index contributed by atoms with van der Waals surface area (Å²) in [7, 11) is 0. The van der Waals surface area contributed by atoms with Crippen LogP contribution in [0.1, 0.15) is 60.0 Å². The summed E-state index contributed by atoms with van der Waals surface area (Å²) >= 11 is 0. The van der Waals surface area contributed by atoms with E-state index in [9.17, 15) is 9.59 Å². The molecule has 2 rings (SSSR count). The number of carboxylic acid groups (broad SMARTS) is 1. The molecule has 1 aromatic rings.